The highest BCUT2D eigenvalue weighted by atomic mass is 16.5. The highest BCUT2D eigenvalue weighted by molar-refractivity contribution is 5.34. The average Bonchev–Trinajstić information content (AvgIpc) is 2.46. The average molecular weight is 287 g/mol. The number of rotatable bonds is 5. The van der Waals surface area contributed by atoms with Gasteiger partial charge in [0.25, 0.3) is 0 Å². The molecule has 0 spiro atoms. The summed E-state index contributed by atoms with van der Waals surface area (Å²) in [4.78, 5) is 8.39. The predicted molar refractivity (Wildman–Crippen MR) is 81.1 cm³/mol. The maximum Gasteiger partial charge on any atom is 0.321 e. The SMILES string of the molecule is CC(C)(C)NCc1cnc(Oc2ccccc2CO)nc1. The summed E-state index contributed by atoms with van der Waals surface area (Å²) in [5.41, 5.74) is 1.75. The van der Waals surface area contributed by atoms with Gasteiger partial charge in [-0.25, -0.2) is 9.97 Å². The standard InChI is InChI=1S/C16H21N3O2/c1-16(2,3)19-10-12-8-17-15(18-9-12)21-14-7-5-4-6-13(14)11-20/h4-9,19-20H,10-11H2,1-3H3. The summed E-state index contributed by atoms with van der Waals surface area (Å²) >= 11 is 0. The van der Waals surface area contributed by atoms with Gasteiger partial charge in [0.1, 0.15) is 5.75 Å². The molecule has 2 N–H and O–H groups in total. The van der Waals surface area contributed by atoms with Crippen molar-refractivity contribution < 1.29 is 9.84 Å². The fraction of sp³-hybridized carbons (Fsp3) is 0.375. The lowest BCUT2D eigenvalue weighted by atomic mass is 10.1. The number of para-hydroxylation sites is 1. The summed E-state index contributed by atoms with van der Waals surface area (Å²) in [6, 6.07) is 7.55. The summed E-state index contributed by atoms with van der Waals surface area (Å²) in [5.74, 6) is 0.570. The summed E-state index contributed by atoms with van der Waals surface area (Å²) in [6.45, 7) is 6.95. The Labute approximate surface area is 125 Å². The maximum atomic E-state index is 9.26. The van der Waals surface area contributed by atoms with E-state index in [-0.39, 0.29) is 18.2 Å². The Hall–Kier alpha value is -1.98. The van der Waals surface area contributed by atoms with Gasteiger partial charge in [-0.2, -0.15) is 0 Å². The van der Waals surface area contributed by atoms with Crippen LogP contribution in [0.15, 0.2) is 36.7 Å². The third-order valence-electron chi connectivity index (χ3n) is 2.85. The van der Waals surface area contributed by atoms with Gasteiger partial charge in [0, 0.05) is 35.6 Å². The monoisotopic (exact) mass is 287 g/mol. The summed E-state index contributed by atoms with van der Waals surface area (Å²) < 4.78 is 5.60. The molecule has 0 amide bonds. The van der Waals surface area contributed by atoms with E-state index < -0.39 is 0 Å². The molecule has 0 radical (unpaired) electrons. The number of aliphatic hydroxyl groups excluding tert-OH is 1. The van der Waals surface area contributed by atoms with Crippen LogP contribution in [-0.2, 0) is 13.2 Å². The smallest absolute Gasteiger partial charge is 0.321 e. The van der Waals surface area contributed by atoms with Crippen LogP contribution in [0, 0.1) is 0 Å². The molecule has 1 aromatic carbocycles. The number of aliphatic hydroxyl groups is 1. The van der Waals surface area contributed by atoms with Crippen molar-refractivity contribution in [1.82, 2.24) is 15.3 Å². The Bertz CT molecular complexity index is 577. The number of hydrogen-bond donors (Lipinski definition) is 2. The first-order valence-corrected chi connectivity index (χ1v) is 6.90. The number of nitrogens with one attached hydrogen (secondary N) is 1. The van der Waals surface area contributed by atoms with E-state index in [0.717, 1.165) is 5.56 Å². The molecule has 1 heterocycles. The van der Waals surface area contributed by atoms with E-state index >= 15 is 0 Å². The molecule has 5 heteroatoms. The van der Waals surface area contributed by atoms with Gasteiger partial charge in [0.15, 0.2) is 0 Å². The van der Waals surface area contributed by atoms with Crippen molar-refractivity contribution in [2.24, 2.45) is 0 Å². The second-order valence-corrected chi connectivity index (χ2v) is 5.85. The topological polar surface area (TPSA) is 67.3 Å². The van der Waals surface area contributed by atoms with E-state index in [4.69, 9.17) is 4.74 Å². The first-order chi connectivity index (χ1) is 9.98. The predicted octanol–water partition coefficient (Wildman–Crippen LogP) is 2.65. The van der Waals surface area contributed by atoms with Crippen LogP contribution in [0.3, 0.4) is 0 Å². The molecule has 112 valence electrons. The van der Waals surface area contributed by atoms with Gasteiger partial charge < -0.3 is 15.2 Å². The van der Waals surface area contributed by atoms with Crippen molar-refractivity contribution in [3.05, 3.63) is 47.8 Å². The van der Waals surface area contributed by atoms with E-state index in [2.05, 4.69) is 36.1 Å². The van der Waals surface area contributed by atoms with E-state index in [1.807, 2.05) is 12.1 Å². The summed E-state index contributed by atoms with van der Waals surface area (Å²) in [6.07, 6.45) is 3.48. The number of benzene rings is 1. The van der Waals surface area contributed by atoms with Gasteiger partial charge >= 0.3 is 6.01 Å². The van der Waals surface area contributed by atoms with E-state index in [9.17, 15) is 5.11 Å². The maximum absolute atomic E-state index is 9.26. The van der Waals surface area contributed by atoms with Crippen LogP contribution in [0.5, 0.6) is 11.8 Å². The fourth-order valence-corrected chi connectivity index (χ4v) is 1.69. The first-order valence-electron chi connectivity index (χ1n) is 6.90. The van der Waals surface area contributed by atoms with Crippen molar-refractivity contribution in [3.63, 3.8) is 0 Å². The van der Waals surface area contributed by atoms with Crippen LogP contribution in [0.25, 0.3) is 0 Å². The zero-order valence-corrected chi connectivity index (χ0v) is 12.6. The Morgan fingerprint density at radius 2 is 1.81 bits per heavy atom. The van der Waals surface area contributed by atoms with Gasteiger partial charge in [0.2, 0.25) is 0 Å². The molecule has 2 aromatic rings. The second-order valence-electron chi connectivity index (χ2n) is 5.85. The van der Waals surface area contributed by atoms with Crippen LogP contribution < -0.4 is 10.1 Å². The van der Waals surface area contributed by atoms with Gasteiger partial charge in [-0.3, -0.25) is 0 Å². The lowest BCUT2D eigenvalue weighted by Crippen LogP contribution is -2.35. The number of hydrogen-bond acceptors (Lipinski definition) is 5. The van der Waals surface area contributed by atoms with Crippen molar-refractivity contribution in [2.45, 2.75) is 39.5 Å². The van der Waals surface area contributed by atoms with E-state index in [0.29, 0.717) is 17.9 Å². The molecule has 21 heavy (non-hydrogen) atoms. The largest absolute Gasteiger partial charge is 0.424 e. The Kier molecular flexibility index (Phi) is 4.88. The Morgan fingerprint density at radius 1 is 1.14 bits per heavy atom. The number of nitrogens with zero attached hydrogens (tertiary/aromatic N) is 2. The quantitative estimate of drug-likeness (QED) is 0.885. The van der Waals surface area contributed by atoms with Crippen LogP contribution in [0.2, 0.25) is 0 Å². The second kappa shape index (κ2) is 6.65. The number of ether oxygens (including phenoxy) is 1. The van der Waals surface area contributed by atoms with E-state index in [1.54, 1.807) is 24.5 Å². The normalized spacial score (nSPS) is 11.4. The molecule has 2 rings (SSSR count). The molecule has 0 bridgehead atoms. The van der Waals surface area contributed by atoms with Gasteiger partial charge in [0.05, 0.1) is 6.61 Å². The third-order valence-corrected chi connectivity index (χ3v) is 2.85. The molecule has 0 aliphatic rings. The molecular weight excluding hydrogens is 266 g/mol. The van der Waals surface area contributed by atoms with Crippen molar-refractivity contribution >= 4 is 0 Å². The number of aromatic nitrogens is 2. The highest BCUT2D eigenvalue weighted by Crippen LogP contribution is 2.22. The Morgan fingerprint density at radius 3 is 2.43 bits per heavy atom. The van der Waals surface area contributed by atoms with Crippen LogP contribution in [0.4, 0.5) is 0 Å². The van der Waals surface area contributed by atoms with Crippen molar-refractivity contribution in [1.29, 1.82) is 0 Å². The molecule has 0 fully saturated rings. The first kappa shape index (κ1) is 15.4. The highest BCUT2D eigenvalue weighted by Gasteiger charge is 2.09. The zero-order valence-electron chi connectivity index (χ0n) is 12.6. The van der Waals surface area contributed by atoms with Crippen LogP contribution >= 0.6 is 0 Å². The minimum absolute atomic E-state index is 0.0508. The molecule has 0 aliphatic carbocycles. The summed E-state index contributed by atoms with van der Waals surface area (Å²) in [5, 5.41) is 12.6. The van der Waals surface area contributed by atoms with Gasteiger partial charge in [-0.15, -0.1) is 0 Å². The molecule has 0 saturated carbocycles. The molecule has 0 saturated heterocycles. The molecule has 0 aliphatic heterocycles. The van der Waals surface area contributed by atoms with E-state index in [1.165, 1.54) is 0 Å². The Balaban J connectivity index is 2.02. The lowest BCUT2D eigenvalue weighted by Gasteiger charge is -2.20. The van der Waals surface area contributed by atoms with Gasteiger partial charge in [-0.1, -0.05) is 18.2 Å². The molecular formula is C16H21N3O2. The fourth-order valence-electron chi connectivity index (χ4n) is 1.69. The van der Waals surface area contributed by atoms with Crippen LogP contribution in [0.1, 0.15) is 31.9 Å². The lowest BCUT2D eigenvalue weighted by molar-refractivity contribution is 0.275. The molecule has 0 atom stereocenters. The minimum atomic E-state index is -0.0796. The van der Waals surface area contributed by atoms with Crippen molar-refractivity contribution in [2.75, 3.05) is 0 Å². The third kappa shape index (κ3) is 4.81. The molecule has 1 aromatic heterocycles. The molecule has 5 nitrogen and oxygen atoms in total. The minimum Gasteiger partial charge on any atom is -0.424 e. The van der Waals surface area contributed by atoms with Crippen molar-refractivity contribution in [3.8, 4) is 11.8 Å². The summed E-state index contributed by atoms with van der Waals surface area (Å²) in [7, 11) is 0. The van der Waals surface area contributed by atoms with Gasteiger partial charge in [-0.05, 0) is 26.8 Å². The zero-order chi connectivity index (χ0) is 15.3. The molecule has 0 unspecified atom stereocenters. The van der Waals surface area contributed by atoms with Crippen LogP contribution in [-0.4, -0.2) is 20.6 Å².